The van der Waals surface area contributed by atoms with Gasteiger partial charge in [0.2, 0.25) is 0 Å². The van der Waals surface area contributed by atoms with Gasteiger partial charge in [-0.15, -0.1) is 0 Å². The number of halogens is 1. The van der Waals surface area contributed by atoms with Crippen LogP contribution in [0.4, 0.5) is 4.39 Å². The fourth-order valence-corrected chi connectivity index (χ4v) is 2.79. The van der Waals surface area contributed by atoms with Crippen molar-refractivity contribution in [1.82, 2.24) is 9.88 Å². The van der Waals surface area contributed by atoms with E-state index in [0.29, 0.717) is 6.61 Å². The first-order chi connectivity index (χ1) is 10.3. The van der Waals surface area contributed by atoms with Gasteiger partial charge in [-0.2, -0.15) is 0 Å². The minimum absolute atomic E-state index is 0.209. The Morgan fingerprint density at radius 2 is 2.05 bits per heavy atom. The molecule has 21 heavy (non-hydrogen) atoms. The average Bonchev–Trinajstić information content (AvgIpc) is 2.76. The highest BCUT2D eigenvalue weighted by Gasteiger charge is 2.11. The molecule has 2 aromatic carbocycles. The Hall–Kier alpha value is -2.33. The van der Waals surface area contributed by atoms with Gasteiger partial charge in [0.05, 0.1) is 5.52 Å². The van der Waals surface area contributed by atoms with Crippen molar-refractivity contribution in [2.75, 3.05) is 13.2 Å². The van der Waals surface area contributed by atoms with Gasteiger partial charge in [-0.05, 0) is 42.5 Å². The van der Waals surface area contributed by atoms with E-state index in [2.05, 4.69) is 16.0 Å². The molecule has 1 aliphatic heterocycles. The molecule has 0 saturated heterocycles. The Bertz CT molecular complexity index is 810. The fraction of sp³-hybridized carbons (Fsp3) is 0.176. The van der Waals surface area contributed by atoms with Crippen LogP contribution in [0.1, 0.15) is 5.56 Å². The van der Waals surface area contributed by atoms with E-state index in [4.69, 9.17) is 4.74 Å². The third-order valence-corrected chi connectivity index (χ3v) is 3.83. The van der Waals surface area contributed by atoms with Crippen LogP contribution < -0.4 is 10.1 Å². The minimum atomic E-state index is -0.209. The minimum Gasteiger partial charge on any atom is -0.492 e. The number of ether oxygens (including phenoxy) is 1. The van der Waals surface area contributed by atoms with Crippen LogP contribution in [0.3, 0.4) is 0 Å². The Kier molecular flexibility index (Phi) is 2.89. The van der Waals surface area contributed by atoms with Crippen LogP contribution in [0, 0.1) is 5.82 Å². The van der Waals surface area contributed by atoms with Gasteiger partial charge in [-0.25, -0.2) is 4.39 Å². The van der Waals surface area contributed by atoms with Crippen molar-refractivity contribution in [3.63, 3.8) is 0 Å². The third-order valence-electron chi connectivity index (χ3n) is 3.83. The predicted molar refractivity (Wildman–Crippen MR) is 80.4 cm³/mol. The summed E-state index contributed by atoms with van der Waals surface area (Å²) >= 11 is 0. The molecule has 1 aliphatic rings. The number of nitrogens with one attached hydrogen (secondary N) is 1. The summed E-state index contributed by atoms with van der Waals surface area (Å²) in [4.78, 5) is 0. The molecule has 4 rings (SSSR count). The first-order valence-corrected chi connectivity index (χ1v) is 7.05. The highest BCUT2D eigenvalue weighted by atomic mass is 19.1. The number of hydrogen-bond donors (Lipinski definition) is 1. The molecule has 1 N–H and O–H groups in total. The van der Waals surface area contributed by atoms with Gasteiger partial charge in [0, 0.05) is 35.9 Å². The number of hydrogen-bond acceptors (Lipinski definition) is 2. The van der Waals surface area contributed by atoms with E-state index in [0.717, 1.165) is 41.0 Å². The molecule has 0 unspecified atom stereocenters. The molecule has 3 aromatic rings. The first kappa shape index (κ1) is 12.4. The van der Waals surface area contributed by atoms with E-state index in [1.54, 1.807) is 6.07 Å². The van der Waals surface area contributed by atoms with Crippen molar-refractivity contribution in [2.45, 2.75) is 6.54 Å². The number of fused-ring (bicyclic) bond motifs is 2. The van der Waals surface area contributed by atoms with Crippen LogP contribution in [0.15, 0.2) is 48.7 Å². The molecule has 0 aliphatic carbocycles. The summed E-state index contributed by atoms with van der Waals surface area (Å²) in [6.45, 7) is 2.35. The van der Waals surface area contributed by atoms with Crippen molar-refractivity contribution in [2.24, 2.45) is 0 Å². The van der Waals surface area contributed by atoms with Crippen LogP contribution in [-0.4, -0.2) is 17.7 Å². The smallest absolute Gasteiger partial charge is 0.124 e. The normalized spacial score (nSPS) is 14.5. The zero-order valence-electron chi connectivity index (χ0n) is 11.5. The van der Waals surface area contributed by atoms with E-state index >= 15 is 0 Å². The van der Waals surface area contributed by atoms with Crippen molar-refractivity contribution in [3.05, 3.63) is 60.0 Å². The largest absolute Gasteiger partial charge is 0.492 e. The molecule has 1 aromatic heterocycles. The van der Waals surface area contributed by atoms with Crippen molar-refractivity contribution in [1.29, 1.82) is 0 Å². The Balaban J connectivity index is 1.83. The van der Waals surface area contributed by atoms with Crippen LogP contribution in [0.25, 0.3) is 16.6 Å². The molecule has 0 amide bonds. The second-order valence-electron chi connectivity index (χ2n) is 5.21. The Morgan fingerprint density at radius 1 is 1.10 bits per heavy atom. The summed E-state index contributed by atoms with van der Waals surface area (Å²) in [5.74, 6) is 0.728. The number of aromatic nitrogens is 1. The van der Waals surface area contributed by atoms with Gasteiger partial charge in [0.15, 0.2) is 0 Å². The molecule has 2 heterocycles. The van der Waals surface area contributed by atoms with Crippen LogP contribution >= 0.6 is 0 Å². The number of benzene rings is 2. The molecule has 106 valence electrons. The van der Waals surface area contributed by atoms with E-state index in [1.807, 2.05) is 30.5 Å². The van der Waals surface area contributed by atoms with Crippen LogP contribution in [0.2, 0.25) is 0 Å². The fourth-order valence-electron chi connectivity index (χ4n) is 2.79. The lowest BCUT2D eigenvalue weighted by atomic mass is 10.1. The lowest BCUT2D eigenvalue weighted by molar-refractivity contribution is 0.326. The molecule has 0 bridgehead atoms. The topological polar surface area (TPSA) is 26.2 Å². The van der Waals surface area contributed by atoms with Gasteiger partial charge in [-0.1, -0.05) is 0 Å². The second kappa shape index (κ2) is 4.90. The SMILES string of the molecule is Fc1ccc2c(ccn2-c2ccc3c(c2)CNCCO3)c1. The molecule has 0 fully saturated rings. The lowest BCUT2D eigenvalue weighted by Gasteiger charge is -2.11. The quantitative estimate of drug-likeness (QED) is 0.741. The third kappa shape index (κ3) is 2.17. The second-order valence-corrected chi connectivity index (χ2v) is 5.21. The monoisotopic (exact) mass is 282 g/mol. The molecule has 0 atom stereocenters. The molecular weight excluding hydrogens is 267 g/mol. The number of rotatable bonds is 1. The van der Waals surface area contributed by atoms with Gasteiger partial charge >= 0.3 is 0 Å². The zero-order chi connectivity index (χ0) is 14.2. The molecule has 0 radical (unpaired) electrons. The molecule has 0 saturated carbocycles. The lowest BCUT2D eigenvalue weighted by Crippen LogP contribution is -2.16. The van der Waals surface area contributed by atoms with Crippen LogP contribution in [0.5, 0.6) is 5.75 Å². The van der Waals surface area contributed by atoms with Crippen molar-refractivity contribution < 1.29 is 9.13 Å². The van der Waals surface area contributed by atoms with E-state index in [9.17, 15) is 4.39 Å². The maximum Gasteiger partial charge on any atom is 0.124 e. The molecule has 3 nitrogen and oxygen atoms in total. The van der Waals surface area contributed by atoms with Crippen molar-refractivity contribution in [3.8, 4) is 11.4 Å². The van der Waals surface area contributed by atoms with Gasteiger partial charge < -0.3 is 14.6 Å². The zero-order valence-corrected chi connectivity index (χ0v) is 11.5. The average molecular weight is 282 g/mol. The molecule has 0 spiro atoms. The van der Waals surface area contributed by atoms with E-state index in [-0.39, 0.29) is 5.82 Å². The summed E-state index contributed by atoms with van der Waals surface area (Å²) in [6, 6.07) is 13.0. The van der Waals surface area contributed by atoms with Gasteiger partial charge in [-0.3, -0.25) is 0 Å². The van der Waals surface area contributed by atoms with Gasteiger partial charge in [0.1, 0.15) is 18.2 Å². The highest BCUT2D eigenvalue weighted by Crippen LogP contribution is 2.26. The highest BCUT2D eigenvalue weighted by molar-refractivity contribution is 5.82. The van der Waals surface area contributed by atoms with E-state index < -0.39 is 0 Å². The van der Waals surface area contributed by atoms with E-state index in [1.165, 1.54) is 6.07 Å². The molecule has 4 heteroatoms. The Morgan fingerprint density at radius 3 is 3.00 bits per heavy atom. The maximum absolute atomic E-state index is 13.3. The summed E-state index contributed by atoms with van der Waals surface area (Å²) in [5.41, 5.74) is 3.20. The van der Waals surface area contributed by atoms with Crippen molar-refractivity contribution >= 4 is 10.9 Å². The first-order valence-electron chi connectivity index (χ1n) is 7.05. The standard InChI is InChI=1S/C17H15FN2O/c18-14-1-3-16-12(9-14)5-7-20(16)15-2-4-17-13(10-15)11-19-6-8-21-17/h1-5,7,9-10,19H,6,8,11H2. The summed E-state index contributed by atoms with van der Waals surface area (Å²) in [5, 5.41) is 4.24. The van der Waals surface area contributed by atoms with Crippen LogP contribution in [-0.2, 0) is 6.54 Å². The molecular formula is C17H15FN2O. The summed E-state index contributed by atoms with van der Waals surface area (Å²) in [7, 11) is 0. The maximum atomic E-state index is 13.3. The van der Waals surface area contributed by atoms with Gasteiger partial charge in [0.25, 0.3) is 0 Å². The summed E-state index contributed by atoms with van der Waals surface area (Å²) in [6.07, 6.45) is 1.97. The number of nitrogens with zero attached hydrogens (tertiary/aromatic N) is 1. The Labute approximate surface area is 122 Å². The predicted octanol–water partition coefficient (Wildman–Crippen LogP) is 3.25. The summed E-state index contributed by atoms with van der Waals surface area (Å²) < 4.78 is 21.1.